The summed E-state index contributed by atoms with van der Waals surface area (Å²) in [6, 6.07) is 0. The van der Waals surface area contributed by atoms with Gasteiger partial charge in [0.15, 0.2) is 5.65 Å². The van der Waals surface area contributed by atoms with E-state index >= 15 is 0 Å². The normalized spacial score (nSPS) is 11.7. The lowest BCUT2D eigenvalue weighted by atomic mass is 9.95. The van der Waals surface area contributed by atoms with Gasteiger partial charge in [-0.15, -0.1) is 0 Å². The van der Waals surface area contributed by atoms with E-state index in [1.54, 1.807) is 0 Å². The van der Waals surface area contributed by atoms with Crippen molar-refractivity contribution < 1.29 is 9.59 Å². The number of hydrogen-bond acceptors (Lipinski definition) is 3. The van der Waals surface area contributed by atoms with Crippen LogP contribution in [0.25, 0.3) is 5.65 Å². The van der Waals surface area contributed by atoms with Gasteiger partial charge < -0.3 is 14.5 Å². The van der Waals surface area contributed by atoms with Crippen molar-refractivity contribution >= 4 is 39.5 Å². The second-order valence-corrected chi connectivity index (χ2v) is 7.24. The molecule has 0 aromatic carbocycles. The predicted molar refractivity (Wildman–Crippen MR) is 90.2 cm³/mol. The van der Waals surface area contributed by atoms with Gasteiger partial charge in [0, 0.05) is 33.8 Å². The SMILES string of the molecule is Cc1nc2c(NC(=O)C(C)(C)C)c(CC=O)c(Br)cn2c1C. The first-order valence-electron chi connectivity index (χ1n) is 7.08. The summed E-state index contributed by atoms with van der Waals surface area (Å²) in [6.45, 7) is 9.43. The van der Waals surface area contributed by atoms with Crippen molar-refractivity contribution in [3.8, 4) is 0 Å². The molecule has 118 valence electrons. The van der Waals surface area contributed by atoms with E-state index in [9.17, 15) is 9.59 Å². The maximum absolute atomic E-state index is 12.4. The number of rotatable bonds is 3. The van der Waals surface area contributed by atoms with Crippen LogP contribution in [-0.4, -0.2) is 21.6 Å². The number of carbonyl (C=O) groups excluding carboxylic acids is 2. The number of imidazole rings is 1. The molecule has 2 aromatic heterocycles. The van der Waals surface area contributed by atoms with Crippen molar-refractivity contribution in [2.24, 2.45) is 5.41 Å². The van der Waals surface area contributed by atoms with Crippen LogP contribution in [-0.2, 0) is 16.0 Å². The Morgan fingerprint density at radius 2 is 2.05 bits per heavy atom. The van der Waals surface area contributed by atoms with Crippen molar-refractivity contribution in [3.05, 3.63) is 27.6 Å². The molecule has 6 heteroatoms. The number of aryl methyl sites for hydroxylation is 2. The molecule has 0 saturated heterocycles. The zero-order valence-electron chi connectivity index (χ0n) is 13.5. The van der Waals surface area contributed by atoms with Crippen LogP contribution in [0.15, 0.2) is 10.7 Å². The summed E-state index contributed by atoms with van der Waals surface area (Å²) in [5.74, 6) is -0.113. The van der Waals surface area contributed by atoms with Crippen LogP contribution in [0.3, 0.4) is 0 Å². The van der Waals surface area contributed by atoms with Gasteiger partial charge in [-0.3, -0.25) is 4.79 Å². The molecule has 0 radical (unpaired) electrons. The molecule has 0 aliphatic heterocycles. The van der Waals surface area contributed by atoms with Gasteiger partial charge >= 0.3 is 0 Å². The molecule has 0 aliphatic carbocycles. The molecule has 2 aromatic rings. The predicted octanol–water partition coefficient (Wildman–Crippen LogP) is 3.44. The molecular formula is C16H20BrN3O2. The van der Waals surface area contributed by atoms with E-state index in [0.717, 1.165) is 27.7 Å². The Kier molecular flexibility index (Phi) is 4.42. The molecular weight excluding hydrogens is 346 g/mol. The van der Waals surface area contributed by atoms with Crippen LogP contribution >= 0.6 is 15.9 Å². The van der Waals surface area contributed by atoms with Crippen molar-refractivity contribution in [3.63, 3.8) is 0 Å². The average Bonchev–Trinajstić information content (AvgIpc) is 2.69. The number of aromatic nitrogens is 2. The molecule has 1 amide bonds. The molecule has 0 bridgehead atoms. The molecule has 0 fully saturated rings. The lowest BCUT2D eigenvalue weighted by Crippen LogP contribution is -2.28. The lowest BCUT2D eigenvalue weighted by Gasteiger charge is -2.20. The Bertz CT molecular complexity index is 757. The molecule has 0 aliphatic rings. The Hall–Kier alpha value is -1.69. The number of nitrogens with one attached hydrogen (secondary N) is 1. The third-order valence-corrected chi connectivity index (χ3v) is 4.33. The number of halogens is 1. The third-order valence-electron chi connectivity index (χ3n) is 3.65. The number of nitrogens with zero attached hydrogens (tertiary/aromatic N) is 2. The van der Waals surface area contributed by atoms with Crippen LogP contribution in [0.1, 0.15) is 37.7 Å². The Balaban J connectivity index is 2.71. The van der Waals surface area contributed by atoms with E-state index in [-0.39, 0.29) is 12.3 Å². The van der Waals surface area contributed by atoms with E-state index < -0.39 is 5.41 Å². The minimum absolute atomic E-state index is 0.113. The summed E-state index contributed by atoms with van der Waals surface area (Å²) in [4.78, 5) is 27.9. The van der Waals surface area contributed by atoms with Gasteiger partial charge in [0.05, 0.1) is 11.4 Å². The highest BCUT2D eigenvalue weighted by molar-refractivity contribution is 9.10. The number of anilines is 1. The minimum atomic E-state index is -0.533. The summed E-state index contributed by atoms with van der Waals surface area (Å²) in [5, 5.41) is 2.95. The van der Waals surface area contributed by atoms with Crippen molar-refractivity contribution in [1.82, 2.24) is 9.38 Å². The van der Waals surface area contributed by atoms with Gasteiger partial charge in [-0.05, 0) is 29.8 Å². The van der Waals surface area contributed by atoms with E-state index in [1.165, 1.54) is 0 Å². The fourth-order valence-corrected chi connectivity index (χ4v) is 2.69. The molecule has 0 unspecified atom stereocenters. The first kappa shape index (κ1) is 16.7. The molecule has 2 heterocycles. The Morgan fingerprint density at radius 1 is 1.41 bits per heavy atom. The Labute approximate surface area is 138 Å². The average molecular weight is 366 g/mol. The van der Waals surface area contributed by atoms with Crippen LogP contribution in [0.5, 0.6) is 0 Å². The Morgan fingerprint density at radius 3 is 2.59 bits per heavy atom. The molecule has 2 rings (SSSR count). The molecule has 22 heavy (non-hydrogen) atoms. The van der Waals surface area contributed by atoms with Crippen molar-refractivity contribution in [2.45, 2.75) is 41.0 Å². The number of pyridine rings is 1. The van der Waals surface area contributed by atoms with E-state index in [1.807, 2.05) is 45.2 Å². The number of hydrogen-bond donors (Lipinski definition) is 1. The maximum atomic E-state index is 12.4. The fraction of sp³-hybridized carbons (Fsp3) is 0.438. The zero-order chi connectivity index (χ0) is 16.7. The molecule has 1 N–H and O–H groups in total. The van der Waals surface area contributed by atoms with Crippen LogP contribution in [0.4, 0.5) is 5.69 Å². The highest BCUT2D eigenvalue weighted by atomic mass is 79.9. The number of fused-ring (bicyclic) bond motifs is 1. The smallest absolute Gasteiger partial charge is 0.229 e. The van der Waals surface area contributed by atoms with Crippen molar-refractivity contribution in [1.29, 1.82) is 0 Å². The third kappa shape index (κ3) is 2.92. The van der Waals surface area contributed by atoms with E-state index in [2.05, 4.69) is 26.2 Å². The summed E-state index contributed by atoms with van der Waals surface area (Å²) in [6.07, 6.45) is 2.92. The number of aldehydes is 1. The molecule has 5 nitrogen and oxygen atoms in total. The maximum Gasteiger partial charge on any atom is 0.229 e. The monoisotopic (exact) mass is 365 g/mol. The first-order chi connectivity index (χ1) is 10.2. The lowest BCUT2D eigenvalue weighted by molar-refractivity contribution is -0.123. The number of carbonyl (C=O) groups is 2. The second-order valence-electron chi connectivity index (χ2n) is 6.38. The summed E-state index contributed by atoms with van der Waals surface area (Å²) in [7, 11) is 0. The van der Waals surface area contributed by atoms with Gasteiger partial charge in [0.2, 0.25) is 5.91 Å². The summed E-state index contributed by atoms with van der Waals surface area (Å²) in [5.41, 5.74) is 3.35. The largest absolute Gasteiger partial charge is 0.322 e. The molecule has 0 saturated carbocycles. The second kappa shape index (κ2) is 5.83. The zero-order valence-corrected chi connectivity index (χ0v) is 15.0. The van der Waals surface area contributed by atoms with Gasteiger partial charge in [-0.25, -0.2) is 4.98 Å². The van der Waals surface area contributed by atoms with Crippen molar-refractivity contribution in [2.75, 3.05) is 5.32 Å². The first-order valence-corrected chi connectivity index (χ1v) is 7.87. The van der Waals surface area contributed by atoms with Crippen LogP contribution in [0, 0.1) is 19.3 Å². The summed E-state index contributed by atoms with van der Waals surface area (Å²) >= 11 is 3.49. The van der Waals surface area contributed by atoms with Crippen LogP contribution in [0.2, 0.25) is 0 Å². The molecule has 0 spiro atoms. The summed E-state index contributed by atoms with van der Waals surface area (Å²) < 4.78 is 2.70. The van der Waals surface area contributed by atoms with Gasteiger partial charge in [-0.2, -0.15) is 0 Å². The minimum Gasteiger partial charge on any atom is -0.322 e. The van der Waals surface area contributed by atoms with Gasteiger partial charge in [0.1, 0.15) is 6.29 Å². The van der Waals surface area contributed by atoms with Crippen LogP contribution < -0.4 is 5.32 Å². The quantitative estimate of drug-likeness (QED) is 0.847. The van der Waals surface area contributed by atoms with E-state index in [0.29, 0.717) is 11.3 Å². The van der Waals surface area contributed by atoms with Gasteiger partial charge in [0.25, 0.3) is 0 Å². The molecule has 0 atom stereocenters. The van der Waals surface area contributed by atoms with E-state index in [4.69, 9.17) is 0 Å². The highest BCUT2D eigenvalue weighted by Gasteiger charge is 2.25. The topological polar surface area (TPSA) is 63.5 Å². The number of amides is 1. The highest BCUT2D eigenvalue weighted by Crippen LogP contribution is 2.32. The van der Waals surface area contributed by atoms with Gasteiger partial charge in [-0.1, -0.05) is 20.8 Å². The fourth-order valence-electron chi connectivity index (χ4n) is 2.12. The standard InChI is InChI=1S/C16H20BrN3O2/c1-9-10(2)20-8-12(17)11(6-7-21)13(14(20)18-9)19-15(22)16(3,4)5/h7-8H,6H2,1-5H3,(H,19,22).